The maximum atomic E-state index is 15.1. The molecule has 2 aromatic rings. The molecule has 1 saturated carbocycles. The second-order valence-corrected chi connectivity index (χ2v) is 15.3. The van der Waals surface area contributed by atoms with Crippen molar-refractivity contribution in [2.45, 2.75) is 60.0 Å². The van der Waals surface area contributed by atoms with Crippen LogP contribution in [0.15, 0.2) is 52.3 Å². The Morgan fingerprint density at radius 3 is 2.40 bits per heavy atom. The Bertz CT molecular complexity index is 1290. The molecule has 3 rings (SSSR count). The van der Waals surface area contributed by atoms with E-state index in [9.17, 15) is 27.7 Å². The number of hydrogen-bond acceptors (Lipinski definition) is 7. The Balaban J connectivity index is 1.87. The molecule has 0 radical (unpaired) electrons. The third-order valence-electron chi connectivity index (χ3n) is 6.77. The van der Waals surface area contributed by atoms with Gasteiger partial charge in [0.15, 0.2) is 0 Å². The van der Waals surface area contributed by atoms with Crippen molar-refractivity contribution in [2.75, 3.05) is 38.3 Å². The van der Waals surface area contributed by atoms with Crippen molar-refractivity contribution in [3.05, 3.63) is 56.8 Å². The average molecular weight is 713 g/mol. The first kappa shape index (κ1) is 32.5. The van der Waals surface area contributed by atoms with E-state index in [1.807, 2.05) is 35.7 Å². The Hall–Kier alpha value is -2.04. The van der Waals surface area contributed by atoms with E-state index in [1.165, 1.54) is 30.3 Å². The normalized spacial score (nSPS) is 16.1. The fourth-order valence-electron chi connectivity index (χ4n) is 4.41. The van der Waals surface area contributed by atoms with Crippen LogP contribution < -0.4 is 31.1 Å². The Kier molecular flexibility index (Phi) is 11.6. The number of benzene rings is 2. The molecule has 1 aliphatic carbocycles. The molecule has 2 aromatic carbocycles. The number of rotatable bonds is 13. The van der Waals surface area contributed by atoms with Crippen molar-refractivity contribution in [2.24, 2.45) is 0 Å². The van der Waals surface area contributed by atoms with Gasteiger partial charge >= 0.3 is 250 Å². The molecule has 0 saturated heterocycles. The van der Waals surface area contributed by atoms with Crippen LogP contribution in [-0.2, 0) is 14.8 Å². The van der Waals surface area contributed by atoms with Crippen LogP contribution in [0.3, 0.4) is 0 Å². The number of nitrogens with zero attached hydrogens (tertiary/aromatic N) is 3. The van der Waals surface area contributed by atoms with E-state index in [-0.39, 0.29) is 32.7 Å². The Labute approximate surface area is 248 Å². The van der Waals surface area contributed by atoms with Gasteiger partial charge in [0, 0.05) is 0 Å². The summed E-state index contributed by atoms with van der Waals surface area (Å²) in [6.45, 7) is 0.751. The Morgan fingerprint density at radius 1 is 1.15 bits per heavy atom. The van der Waals surface area contributed by atoms with Gasteiger partial charge < -0.3 is 0 Å². The van der Waals surface area contributed by atoms with Gasteiger partial charge in [0.05, 0.1) is 0 Å². The number of hydrogen-bond donors (Lipinski definition) is 2. The van der Waals surface area contributed by atoms with Gasteiger partial charge in [-0.1, -0.05) is 0 Å². The first-order valence-corrected chi connectivity index (χ1v) is 17.3. The molecule has 0 aliphatic heterocycles. The summed E-state index contributed by atoms with van der Waals surface area (Å²) in [5.74, 6) is -0.890. The summed E-state index contributed by atoms with van der Waals surface area (Å²) in [7, 11) is 1.30. The number of thioether (sulfide) groups is 1. The Morgan fingerprint density at radius 2 is 1.80 bits per heavy atom. The molecule has 0 heterocycles. The zero-order valence-corrected chi connectivity index (χ0v) is 26.4. The number of alkyl halides is 1. The van der Waals surface area contributed by atoms with E-state index in [0.29, 0.717) is 27.9 Å². The summed E-state index contributed by atoms with van der Waals surface area (Å²) in [6, 6.07) is 10.2. The number of carbonyl (C=O) groups is 1. The quantitative estimate of drug-likeness (QED) is 0.138. The first-order valence-electron chi connectivity index (χ1n) is 12.8. The van der Waals surface area contributed by atoms with Crippen LogP contribution >= 0.6 is 11.8 Å². The monoisotopic (exact) mass is 712 g/mol. The van der Waals surface area contributed by atoms with Gasteiger partial charge in [-0.25, -0.2) is 0 Å². The van der Waals surface area contributed by atoms with Crippen molar-refractivity contribution in [3.8, 4) is 0 Å². The van der Waals surface area contributed by atoms with Gasteiger partial charge in [-0.2, -0.15) is 0 Å². The maximum absolute atomic E-state index is 15.1. The molecule has 9 nitrogen and oxygen atoms in total. The summed E-state index contributed by atoms with van der Waals surface area (Å²) in [5, 5.41) is 9.54. The van der Waals surface area contributed by atoms with Gasteiger partial charge in [-0.05, 0) is 0 Å². The van der Waals surface area contributed by atoms with Crippen molar-refractivity contribution < 1.29 is 51.8 Å². The van der Waals surface area contributed by atoms with Crippen molar-refractivity contribution in [3.63, 3.8) is 0 Å². The molecule has 1 amide bonds. The minimum absolute atomic E-state index is 0.0330. The predicted molar refractivity (Wildman–Crippen MR) is 145 cm³/mol. The third-order valence-corrected chi connectivity index (χ3v) is 11.0. The molecule has 0 bridgehead atoms. The molecule has 1 aliphatic rings. The van der Waals surface area contributed by atoms with E-state index in [0.717, 1.165) is 24.3 Å². The average Bonchev–Trinajstić information content (AvgIpc) is 2.89. The summed E-state index contributed by atoms with van der Waals surface area (Å²) in [5.41, 5.74) is -1.68. The van der Waals surface area contributed by atoms with Crippen LogP contribution in [0.1, 0.15) is 38.5 Å². The number of amides is 1. The summed E-state index contributed by atoms with van der Waals surface area (Å²) < 4.78 is 56.5. The van der Waals surface area contributed by atoms with Gasteiger partial charge in [-0.3, -0.25) is 0 Å². The zero-order valence-electron chi connectivity index (χ0n) is 22.6. The van der Waals surface area contributed by atoms with Crippen molar-refractivity contribution >= 4 is 33.4 Å². The van der Waals surface area contributed by atoms with Crippen LogP contribution in [0.4, 0.5) is 14.5 Å². The fourth-order valence-corrected chi connectivity index (χ4v) is 8.52. The van der Waals surface area contributed by atoms with Crippen molar-refractivity contribution in [1.82, 2.24) is 9.62 Å². The molecular formula is C26H35F2IN4O5S2. The van der Waals surface area contributed by atoms with Gasteiger partial charge in [0.25, 0.3) is 0 Å². The van der Waals surface area contributed by atoms with E-state index in [2.05, 4.69) is 0 Å². The number of carbonyl (C=O) groups excluding carboxylic acids is 1. The van der Waals surface area contributed by atoms with E-state index >= 15 is 4.39 Å². The number of anilines is 1. The number of sulfonamides is 1. The first-order chi connectivity index (χ1) is 18.8. The molecule has 1 fully saturated rings. The molecule has 222 valence electrons. The molecule has 2 N–H and O–H groups in total. The topological polar surface area (TPSA) is 110 Å². The summed E-state index contributed by atoms with van der Waals surface area (Å²) >= 11 is -0.182. The summed E-state index contributed by atoms with van der Waals surface area (Å²) in [6.07, 6.45) is 2.46. The van der Waals surface area contributed by atoms with Crippen LogP contribution in [0, 0.1) is 14.3 Å². The minimum atomic E-state index is -4.42. The molecule has 14 heteroatoms. The van der Waals surface area contributed by atoms with Crippen molar-refractivity contribution in [1.29, 1.82) is 0 Å². The van der Waals surface area contributed by atoms with Gasteiger partial charge in [-0.15, -0.1) is 0 Å². The molecule has 40 heavy (non-hydrogen) atoms. The van der Waals surface area contributed by atoms with Gasteiger partial charge in [0.2, 0.25) is 0 Å². The molecule has 1 atom stereocenters. The standard InChI is InChI=1S/C26H35F2IN4O5S2/c1-31(2)16-13-20(18-39-21-9-7-19(27)8-10-21)32(3)24-12-11-22(17-23(24)29-33(35)36)40(37,38)30-25(34)26(28)14-5-4-6-15-26/h7-12,17,20H,4-6,13-16,18H2,1-3H3,(H,30,34)(H,35,36)/t20-/m1/s1. The second kappa shape index (κ2) is 14.2. The molecular weight excluding hydrogens is 677 g/mol. The van der Waals surface area contributed by atoms with E-state index in [4.69, 9.17) is 0 Å². The van der Waals surface area contributed by atoms with E-state index < -0.39 is 43.1 Å². The van der Waals surface area contributed by atoms with E-state index in [1.54, 1.807) is 23.9 Å². The number of halogens is 3. The van der Waals surface area contributed by atoms with Gasteiger partial charge in [0.1, 0.15) is 0 Å². The zero-order chi connectivity index (χ0) is 29.5. The van der Waals surface area contributed by atoms with Crippen LogP contribution in [0.25, 0.3) is 0 Å². The molecule has 0 spiro atoms. The molecule has 0 unspecified atom stereocenters. The number of nitrogens with one attached hydrogen (secondary N) is 1. The third kappa shape index (κ3) is 8.98. The van der Waals surface area contributed by atoms with Crippen LogP contribution in [0.2, 0.25) is 0 Å². The SMILES string of the molecule is CN(C)CC[C@H](CSc1ccc(F)cc1)N(C)c1ccc(S(=O)(=O)NC(=O)C2(F)CCCCC2)cc1[I-][N+](=O)O. The predicted octanol–water partition coefficient (Wildman–Crippen LogP) is 1.19. The fraction of sp³-hybridized carbons (Fsp3) is 0.500. The second-order valence-electron chi connectivity index (χ2n) is 10.0. The molecule has 0 aromatic heterocycles. The summed E-state index contributed by atoms with van der Waals surface area (Å²) in [4.78, 5) is 28.8. The van der Waals surface area contributed by atoms with Crippen LogP contribution in [0.5, 0.6) is 0 Å². The van der Waals surface area contributed by atoms with Crippen LogP contribution in [-0.4, -0.2) is 72.7 Å².